The Labute approximate surface area is 210 Å². The lowest BCUT2D eigenvalue weighted by Crippen LogP contribution is -2.65. The molecule has 7 nitrogen and oxygen atoms in total. The summed E-state index contributed by atoms with van der Waals surface area (Å²) in [7, 11) is -1.64. The third-order valence-electron chi connectivity index (χ3n) is 6.02. The highest BCUT2D eigenvalue weighted by Gasteiger charge is 2.49. The Bertz CT molecular complexity index is 790. The van der Waals surface area contributed by atoms with E-state index >= 15 is 0 Å². The lowest BCUT2D eigenvalue weighted by Gasteiger charge is -2.41. The summed E-state index contributed by atoms with van der Waals surface area (Å²) in [5, 5.41) is 1.79. The number of carbonyl (C=O) groups excluding carboxylic acids is 1. The maximum absolute atomic E-state index is 12.1. The maximum atomic E-state index is 12.1. The molecule has 0 spiro atoms. The summed E-state index contributed by atoms with van der Waals surface area (Å²) in [6.07, 6.45) is 1.71. The number of rotatable bonds is 18. The molecule has 0 saturated heterocycles. The summed E-state index contributed by atoms with van der Waals surface area (Å²) in [6, 6.07) is 20.2. The molecule has 2 aromatic rings. The third kappa shape index (κ3) is 9.48. The summed E-state index contributed by atoms with van der Waals surface area (Å²) in [4.78, 5) is 23.0. The molecule has 0 saturated carbocycles. The summed E-state index contributed by atoms with van der Waals surface area (Å²) in [5.41, 5.74) is 0. The zero-order valence-corrected chi connectivity index (χ0v) is 22.2. The quantitative estimate of drug-likeness (QED) is 0.190. The lowest BCUT2D eigenvalue weighted by atomic mass is 10.1. The van der Waals surface area contributed by atoms with E-state index in [2.05, 4.69) is 18.6 Å². The number of benzene rings is 2. The minimum atomic E-state index is -2.97. The number of carbonyl (C=O) groups is 1. The van der Waals surface area contributed by atoms with Crippen molar-refractivity contribution in [1.82, 2.24) is 0 Å². The molecule has 0 unspecified atom stereocenters. The van der Waals surface area contributed by atoms with Crippen molar-refractivity contribution < 1.29 is 33.3 Å². The predicted molar refractivity (Wildman–Crippen MR) is 139 cm³/mol. The minimum Gasteiger partial charge on any atom is -0.467 e. The fraction of sp³-hybridized carbons (Fsp3) is 0.519. The minimum absolute atomic E-state index is 0.0646. The highest BCUT2D eigenvalue weighted by Crippen LogP contribution is 2.39. The molecule has 2 rings (SSSR count). The van der Waals surface area contributed by atoms with E-state index in [-0.39, 0.29) is 11.6 Å². The highest BCUT2D eigenvalue weighted by molar-refractivity contribution is 6.98. The van der Waals surface area contributed by atoms with Crippen LogP contribution < -0.4 is 10.4 Å². The van der Waals surface area contributed by atoms with Crippen LogP contribution in [0.3, 0.4) is 0 Å². The van der Waals surface area contributed by atoms with Crippen LogP contribution >= 0.6 is 0 Å². The molecular weight excluding hydrogens is 464 g/mol. The topological polar surface area (TPSA) is 83.5 Å². The number of hydrogen-bond acceptors (Lipinski definition) is 7. The van der Waals surface area contributed by atoms with E-state index in [1.807, 2.05) is 60.7 Å². The second-order valence-electron chi connectivity index (χ2n) is 8.90. The van der Waals surface area contributed by atoms with Gasteiger partial charge in [0.2, 0.25) is 0 Å². The van der Waals surface area contributed by atoms with Gasteiger partial charge in [0.05, 0.1) is 46.8 Å². The van der Waals surface area contributed by atoms with Gasteiger partial charge in [-0.1, -0.05) is 74.5 Å². The molecule has 0 atom stereocenters. The van der Waals surface area contributed by atoms with E-state index in [4.69, 9.17) is 18.9 Å². The van der Waals surface area contributed by atoms with Gasteiger partial charge in [0.25, 0.3) is 8.32 Å². The SMILES string of the molecule is COC(=O)COCCOCCOCCOCCCC(C)(C)[Si](O)(c1ccccc1)c1ccccc1. The summed E-state index contributed by atoms with van der Waals surface area (Å²) >= 11 is 0. The second kappa shape index (κ2) is 15.8. The first-order chi connectivity index (χ1) is 16.9. The van der Waals surface area contributed by atoms with Gasteiger partial charge in [-0.3, -0.25) is 0 Å². The highest BCUT2D eigenvalue weighted by atomic mass is 28.4. The van der Waals surface area contributed by atoms with Crippen molar-refractivity contribution in [2.75, 3.05) is 60.0 Å². The largest absolute Gasteiger partial charge is 0.467 e. The Morgan fingerprint density at radius 3 is 1.63 bits per heavy atom. The Morgan fingerprint density at radius 2 is 1.17 bits per heavy atom. The van der Waals surface area contributed by atoms with Crippen LogP contribution in [0.4, 0.5) is 0 Å². The zero-order chi connectivity index (χ0) is 25.4. The Hall–Kier alpha value is -2.07. The van der Waals surface area contributed by atoms with Crippen molar-refractivity contribution in [2.45, 2.75) is 31.7 Å². The van der Waals surface area contributed by atoms with Crippen LogP contribution in [-0.4, -0.2) is 79.0 Å². The van der Waals surface area contributed by atoms with Crippen molar-refractivity contribution in [2.24, 2.45) is 0 Å². The second-order valence-corrected chi connectivity index (χ2v) is 12.8. The van der Waals surface area contributed by atoms with Gasteiger partial charge in [-0.15, -0.1) is 0 Å². The van der Waals surface area contributed by atoms with E-state index in [1.165, 1.54) is 7.11 Å². The van der Waals surface area contributed by atoms with Crippen molar-refractivity contribution >= 4 is 24.7 Å². The van der Waals surface area contributed by atoms with Crippen molar-refractivity contribution in [3.05, 3.63) is 60.7 Å². The predicted octanol–water partition coefficient (Wildman–Crippen LogP) is 2.54. The van der Waals surface area contributed by atoms with Crippen LogP contribution in [0.1, 0.15) is 26.7 Å². The summed E-state index contributed by atoms with van der Waals surface area (Å²) in [6.45, 7) is 7.57. The fourth-order valence-electron chi connectivity index (χ4n) is 3.98. The molecule has 194 valence electrons. The molecule has 0 aliphatic rings. The van der Waals surface area contributed by atoms with Gasteiger partial charge in [0.1, 0.15) is 6.61 Å². The number of hydrogen-bond donors (Lipinski definition) is 1. The first-order valence-corrected chi connectivity index (χ1v) is 14.1. The van der Waals surface area contributed by atoms with Crippen LogP contribution in [0, 0.1) is 0 Å². The molecule has 0 amide bonds. The van der Waals surface area contributed by atoms with E-state index < -0.39 is 14.3 Å². The maximum Gasteiger partial charge on any atom is 0.331 e. The normalized spacial score (nSPS) is 12.0. The molecule has 35 heavy (non-hydrogen) atoms. The Balaban J connectivity index is 1.64. The fourth-order valence-corrected chi connectivity index (χ4v) is 7.76. The molecule has 2 aromatic carbocycles. The van der Waals surface area contributed by atoms with Gasteiger partial charge < -0.3 is 28.5 Å². The summed E-state index contributed by atoms with van der Waals surface area (Å²) in [5.74, 6) is -0.401. The van der Waals surface area contributed by atoms with E-state index in [9.17, 15) is 9.59 Å². The number of esters is 1. The monoisotopic (exact) mass is 504 g/mol. The molecule has 0 aromatic heterocycles. The van der Waals surface area contributed by atoms with Gasteiger partial charge in [0.15, 0.2) is 0 Å². The van der Waals surface area contributed by atoms with Crippen LogP contribution in [0.25, 0.3) is 0 Å². The Morgan fingerprint density at radius 1 is 0.743 bits per heavy atom. The van der Waals surface area contributed by atoms with Crippen molar-refractivity contribution in [3.63, 3.8) is 0 Å². The molecule has 0 radical (unpaired) electrons. The van der Waals surface area contributed by atoms with E-state index in [0.29, 0.717) is 46.2 Å². The van der Waals surface area contributed by atoms with Gasteiger partial charge in [-0.2, -0.15) is 0 Å². The molecule has 0 fully saturated rings. The van der Waals surface area contributed by atoms with Crippen molar-refractivity contribution in [3.8, 4) is 0 Å². The summed E-state index contributed by atoms with van der Waals surface area (Å²) < 4.78 is 26.2. The molecule has 0 aliphatic carbocycles. The van der Waals surface area contributed by atoms with Crippen LogP contribution in [0.15, 0.2) is 60.7 Å². The zero-order valence-electron chi connectivity index (χ0n) is 21.2. The first-order valence-electron chi connectivity index (χ1n) is 12.1. The van der Waals surface area contributed by atoms with E-state index in [1.54, 1.807) is 0 Å². The van der Waals surface area contributed by atoms with Gasteiger partial charge in [-0.05, 0) is 28.3 Å². The number of ether oxygens (including phenoxy) is 5. The van der Waals surface area contributed by atoms with Gasteiger partial charge >= 0.3 is 5.97 Å². The molecule has 1 N–H and O–H groups in total. The molecular formula is C27H40O7Si. The van der Waals surface area contributed by atoms with Crippen molar-refractivity contribution in [1.29, 1.82) is 0 Å². The molecule has 8 heteroatoms. The van der Waals surface area contributed by atoms with Gasteiger partial charge in [0, 0.05) is 6.61 Å². The first kappa shape index (κ1) is 29.2. The van der Waals surface area contributed by atoms with Crippen LogP contribution in [0.5, 0.6) is 0 Å². The smallest absolute Gasteiger partial charge is 0.331 e. The molecule has 0 bridgehead atoms. The average molecular weight is 505 g/mol. The molecule has 0 heterocycles. The van der Waals surface area contributed by atoms with E-state index in [0.717, 1.165) is 23.2 Å². The standard InChI is InChI=1S/C27H40O7Si/c1-27(2,35(29,24-11-6-4-7-12-24)25-13-8-5-9-14-25)15-10-16-31-17-18-32-19-20-33-21-22-34-23-26(28)30-3/h4-9,11-14,29H,10,15-23H2,1-3H3. The van der Waals surface area contributed by atoms with Gasteiger partial charge in [-0.25, -0.2) is 4.79 Å². The molecule has 0 aliphatic heterocycles. The Kier molecular flexibility index (Phi) is 13.2. The third-order valence-corrected chi connectivity index (χ3v) is 10.6. The van der Waals surface area contributed by atoms with Crippen LogP contribution in [-0.2, 0) is 28.5 Å². The van der Waals surface area contributed by atoms with Crippen LogP contribution in [0.2, 0.25) is 5.04 Å². The lowest BCUT2D eigenvalue weighted by molar-refractivity contribution is -0.146. The average Bonchev–Trinajstić information content (AvgIpc) is 2.89. The number of methoxy groups -OCH3 is 1.